The fourth-order valence-electron chi connectivity index (χ4n) is 3.85. The van der Waals surface area contributed by atoms with Crippen LogP contribution in [0, 0.1) is 0 Å². The maximum Gasteiger partial charge on any atom is 0.255 e. The fraction of sp³-hybridized carbons (Fsp3) is 0.389. The van der Waals surface area contributed by atoms with Crippen molar-refractivity contribution in [2.75, 3.05) is 24.6 Å². The van der Waals surface area contributed by atoms with Crippen LogP contribution in [0.4, 0.5) is 0 Å². The van der Waals surface area contributed by atoms with Crippen LogP contribution in [0.3, 0.4) is 0 Å². The molecule has 0 bridgehead atoms. The van der Waals surface area contributed by atoms with Gasteiger partial charge in [-0.2, -0.15) is 0 Å². The number of sulfone groups is 1. The molecule has 2 saturated heterocycles. The van der Waals surface area contributed by atoms with Crippen LogP contribution in [0.2, 0.25) is 0 Å². The molecule has 0 spiro atoms. The van der Waals surface area contributed by atoms with Crippen LogP contribution >= 0.6 is 0 Å². The van der Waals surface area contributed by atoms with Gasteiger partial charge in [0.05, 0.1) is 23.1 Å². The molecular formula is C18H20N4O3S. The number of piperazine rings is 1. The van der Waals surface area contributed by atoms with Crippen molar-refractivity contribution in [2.24, 2.45) is 0 Å². The Morgan fingerprint density at radius 1 is 1.04 bits per heavy atom. The highest BCUT2D eigenvalue weighted by atomic mass is 32.2. The SMILES string of the molecule is O=C(c1cccnc1)N1CCN(Cc2ccncc2)[C@@H]2CS(=O)(=O)C[C@@H]21. The Morgan fingerprint density at radius 2 is 1.81 bits per heavy atom. The second-order valence-corrected chi connectivity index (χ2v) is 8.93. The number of fused-ring (bicyclic) bond motifs is 1. The van der Waals surface area contributed by atoms with E-state index in [0.29, 0.717) is 25.2 Å². The fourth-order valence-corrected chi connectivity index (χ4v) is 5.86. The summed E-state index contributed by atoms with van der Waals surface area (Å²) in [6, 6.07) is 6.82. The van der Waals surface area contributed by atoms with Crippen LogP contribution in [-0.2, 0) is 16.4 Å². The third-order valence-corrected chi connectivity index (χ3v) is 6.79. The Labute approximate surface area is 152 Å². The van der Waals surface area contributed by atoms with Crippen LogP contribution in [-0.4, -0.2) is 70.8 Å². The molecule has 2 aliphatic heterocycles. The van der Waals surface area contributed by atoms with Gasteiger partial charge in [-0.3, -0.25) is 19.7 Å². The summed E-state index contributed by atoms with van der Waals surface area (Å²) >= 11 is 0. The maximum absolute atomic E-state index is 12.9. The topological polar surface area (TPSA) is 83.5 Å². The first kappa shape index (κ1) is 17.1. The maximum atomic E-state index is 12.9. The lowest BCUT2D eigenvalue weighted by atomic mass is 10.0. The molecule has 0 radical (unpaired) electrons. The van der Waals surface area contributed by atoms with Crippen LogP contribution in [0.5, 0.6) is 0 Å². The monoisotopic (exact) mass is 372 g/mol. The smallest absolute Gasteiger partial charge is 0.255 e. The summed E-state index contributed by atoms with van der Waals surface area (Å²) < 4.78 is 24.6. The first-order valence-electron chi connectivity index (χ1n) is 8.58. The van der Waals surface area contributed by atoms with E-state index in [0.717, 1.165) is 5.56 Å². The molecule has 2 fully saturated rings. The quantitative estimate of drug-likeness (QED) is 0.785. The van der Waals surface area contributed by atoms with Crippen LogP contribution in [0.15, 0.2) is 49.1 Å². The largest absolute Gasteiger partial charge is 0.332 e. The molecule has 0 N–H and O–H groups in total. The third kappa shape index (κ3) is 3.34. The number of rotatable bonds is 3. The minimum atomic E-state index is -3.17. The molecule has 136 valence electrons. The van der Waals surface area contributed by atoms with E-state index in [-0.39, 0.29) is 29.5 Å². The molecule has 0 aliphatic carbocycles. The Kier molecular flexibility index (Phi) is 4.46. The van der Waals surface area contributed by atoms with Crippen molar-refractivity contribution in [1.29, 1.82) is 0 Å². The second kappa shape index (κ2) is 6.77. The standard InChI is InChI=1S/C18H20N4O3S/c23-18(15-2-1-5-20-10-15)22-9-8-21(11-14-3-6-19-7-4-14)16-12-26(24,25)13-17(16)22/h1-7,10,16-17H,8-9,11-13H2/t16-,17+/m1/s1. The van der Waals surface area contributed by atoms with Gasteiger partial charge in [-0.15, -0.1) is 0 Å². The number of hydrogen-bond acceptors (Lipinski definition) is 6. The summed E-state index contributed by atoms with van der Waals surface area (Å²) in [5.41, 5.74) is 1.59. The van der Waals surface area contributed by atoms with Gasteiger partial charge < -0.3 is 4.90 Å². The highest BCUT2D eigenvalue weighted by Gasteiger charge is 2.48. The molecule has 2 atom stereocenters. The molecule has 2 aliphatic rings. The average Bonchev–Trinajstić information content (AvgIpc) is 2.98. The summed E-state index contributed by atoms with van der Waals surface area (Å²) in [6.45, 7) is 1.81. The molecule has 2 aromatic heterocycles. The number of carbonyl (C=O) groups excluding carboxylic acids is 1. The summed E-state index contributed by atoms with van der Waals surface area (Å²) in [7, 11) is -3.17. The molecule has 8 heteroatoms. The number of hydrogen-bond donors (Lipinski definition) is 0. The van der Waals surface area contributed by atoms with E-state index in [1.165, 1.54) is 6.20 Å². The van der Waals surface area contributed by atoms with Gasteiger partial charge in [0.2, 0.25) is 0 Å². The Hall–Kier alpha value is -2.32. The molecular weight excluding hydrogens is 352 g/mol. The number of pyridine rings is 2. The van der Waals surface area contributed by atoms with E-state index in [1.807, 2.05) is 12.1 Å². The van der Waals surface area contributed by atoms with E-state index in [2.05, 4.69) is 14.9 Å². The third-order valence-electron chi connectivity index (χ3n) is 5.10. The van der Waals surface area contributed by atoms with Gasteiger partial charge in [0, 0.05) is 50.5 Å². The zero-order chi connectivity index (χ0) is 18.1. The van der Waals surface area contributed by atoms with E-state index >= 15 is 0 Å². The van der Waals surface area contributed by atoms with Gasteiger partial charge in [0.1, 0.15) is 0 Å². The van der Waals surface area contributed by atoms with Crippen molar-refractivity contribution in [3.8, 4) is 0 Å². The Morgan fingerprint density at radius 3 is 2.54 bits per heavy atom. The molecule has 4 rings (SSSR count). The lowest BCUT2D eigenvalue weighted by Crippen LogP contribution is -2.60. The number of nitrogens with zero attached hydrogens (tertiary/aromatic N) is 4. The van der Waals surface area contributed by atoms with E-state index in [9.17, 15) is 13.2 Å². The predicted octanol–water partition coefficient (Wildman–Crippen LogP) is 0.600. The van der Waals surface area contributed by atoms with Crippen molar-refractivity contribution in [1.82, 2.24) is 19.8 Å². The van der Waals surface area contributed by atoms with Gasteiger partial charge in [0.15, 0.2) is 9.84 Å². The Balaban J connectivity index is 1.59. The van der Waals surface area contributed by atoms with Crippen LogP contribution < -0.4 is 0 Å². The molecule has 7 nitrogen and oxygen atoms in total. The zero-order valence-corrected chi connectivity index (χ0v) is 15.0. The lowest BCUT2D eigenvalue weighted by molar-refractivity contribution is 0.0306. The van der Waals surface area contributed by atoms with E-state index in [4.69, 9.17) is 0 Å². The zero-order valence-electron chi connectivity index (χ0n) is 14.2. The van der Waals surface area contributed by atoms with Gasteiger partial charge in [-0.1, -0.05) is 0 Å². The summed E-state index contributed by atoms with van der Waals surface area (Å²) in [5.74, 6) is -0.0236. The second-order valence-electron chi connectivity index (χ2n) is 6.78. The van der Waals surface area contributed by atoms with Gasteiger partial charge in [-0.05, 0) is 29.8 Å². The van der Waals surface area contributed by atoms with Crippen LogP contribution in [0.25, 0.3) is 0 Å². The average molecular weight is 372 g/mol. The van der Waals surface area contributed by atoms with Crippen molar-refractivity contribution in [3.63, 3.8) is 0 Å². The number of amides is 1. The molecule has 0 saturated carbocycles. The van der Waals surface area contributed by atoms with Crippen molar-refractivity contribution < 1.29 is 13.2 Å². The molecule has 4 heterocycles. The number of aromatic nitrogens is 2. The van der Waals surface area contributed by atoms with E-state index in [1.54, 1.807) is 35.6 Å². The van der Waals surface area contributed by atoms with Gasteiger partial charge >= 0.3 is 0 Å². The molecule has 0 aromatic carbocycles. The summed E-state index contributed by atoms with van der Waals surface area (Å²) in [6.07, 6.45) is 6.62. The van der Waals surface area contributed by atoms with Crippen molar-refractivity contribution in [2.45, 2.75) is 18.6 Å². The summed E-state index contributed by atoms with van der Waals surface area (Å²) in [5, 5.41) is 0. The van der Waals surface area contributed by atoms with Gasteiger partial charge in [-0.25, -0.2) is 8.42 Å². The van der Waals surface area contributed by atoms with E-state index < -0.39 is 9.84 Å². The van der Waals surface area contributed by atoms with Crippen molar-refractivity contribution in [3.05, 3.63) is 60.2 Å². The predicted molar refractivity (Wildman–Crippen MR) is 96.2 cm³/mol. The highest BCUT2D eigenvalue weighted by Crippen LogP contribution is 2.29. The van der Waals surface area contributed by atoms with Crippen LogP contribution in [0.1, 0.15) is 15.9 Å². The number of carbonyl (C=O) groups is 1. The molecule has 26 heavy (non-hydrogen) atoms. The first-order chi connectivity index (χ1) is 12.5. The normalized spacial score (nSPS) is 25.0. The van der Waals surface area contributed by atoms with Crippen molar-refractivity contribution >= 4 is 15.7 Å². The minimum absolute atomic E-state index is 0.0243. The lowest BCUT2D eigenvalue weighted by Gasteiger charge is -2.44. The first-order valence-corrected chi connectivity index (χ1v) is 10.4. The van der Waals surface area contributed by atoms with Gasteiger partial charge in [0.25, 0.3) is 5.91 Å². The highest BCUT2D eigenvalue weighted by molar-refractivity contribution is 7.91. The molecule has 1 amide bonds. The molecule has 2 aromatic rings. The minimum Gasteiger partial charge on any atom is -0.332 e. The molecule has 0 unspecified atom stereocenters. The summed E-state index contributed by atoms with van der Waals surface area (Å²) in [4.78, 5) is 24.8. The Bertz CT molecular complexity index is 889.